The lowest BCUT2D eigenvalue weighted by atomic mass is 9.91. The molecule has 3 heterocycles. The Morgan fingerprint density at radius 3 is 2.20 bits per heavy atom. The van der Waals surface area contributed by atoms with Crippen LogP contribution in [0.4, 0.5) is 0 Å². The van der Waals surface area contributed by atoms with Crippen LogP contribution in [0, 0.1) is 5.92 Å². The normalized spacial score (nSPS) is 41.3. The zero-order valence-corrected chi connectivity index (χ0v) is 27.3. The van der Waals surface area contributed by atoms with Crippen molar-refractivity contribution in [3.8, 4) is 0 Å². The number of hydrogen-bond acceptors (Lipinski definition) is 12. The van der Waals surface area contributed by atoms with Crippen molar-refractivity contribution in [2.75, 3.05) is 0 Å². The van der Waals surface area contributed by atoms with Gasteiger partial charge in [0, 0.05) is 6.42 Å². The van der Waals surface area contributed by atoms with E-state index in [0.717, 1.165) is 57.8 Å². The Kier molecular flexibility index (Phi) is 14.3. The van der Waals surface area contributed by atoms with Crippen LogP contribution >= 0.6 is 0 Å². The van der Waals surface area contributed by atoms with E-state index in [1.165, 1.54) is 20.8 Å². The van der Waals surface area contributed by atoms with Gasteiger partial charge in [0.15, 0.2) is 24.8 Å². The molecule has 4 N–H and O–H groups in total. The summed E-state index contributed by atoms with van der Waals surface area (Å²) < 4.78 is 36.9. The highest BCUT2D eigenvalue weighted by atomic mass is 16.8. The Morgan fingerprint density at radius 1 is 0.932 bits per heavy atom. The van der Waals surface area contributed by atoms with Gasteiger partial charge in [-0.3, -0.25) is 9.59 Å². The lowest BCUT2D eigenvalue weighted by Crippen LogP contribution is -2.65. The van der Waals surface area contributed by atoms with Crippen LogP contribution in [0.2, 0.25) is 0 Å². The maximum absolute atomic E-state index is 13.2. The standard InChI is InChI=1S/C32H56O12/c1-7-16-32(6)17-14-12-10-8-9-11-13-15-22(34)41-28-27(43-30-25(37)24(36)23(35)20(4)39-30)26(21(5)40-31(28)44-32)42-29(38)18(2)19(3)33/h18-21,23-28,30-31,33,35-37H,7-17H2,1-6H3/t18-,19-,20?,21?,23+,24?,25?,26+,27?,28?,30+,31+,32+/m1/s1. The van der Waals surface area contributed by atoms with Gasteiger partial charge in [-0.2, -0.15) is 0 Å². The first-order chi connectivity index (χ1) is 20.8. The Balaban J connectivity index is 2.02. The molecule has 0 amide bonds. The van der Waals surface area contributed by atoms with Crippen molar-refractivity contribution in [1.29, 1.82) is 0 Å². The Labute approximate surface area is 261 Å². The van der Waals surface area contributed by atoms with Gasteiger partial charge in [0.1, 0.15) is 24.4 Å². The number of fused-ring (bicyclic) bond motifs is 1. The molecule has 0 aliphatic carbocycles. The highest BCUT2D eigenvalue weighted by Gasteiger charge is 2.54. The maximum Gasteiger partial charge on any atom is 0.311 e. The second kappa shape index (κ2) is 17.0. The van der Waals surface area contributed by atoms with E-state index in [0.29, 0.717) is 6.42 Å². The zero-order chi connectivity index (χ0) is 32.6. The summed E-state index contributed by atoms with van der Waals surface area (Å²) in [6.45, 7) is 10.3. The molecule has 3 rings (SSSR count). The third kappa shape index (κ3) is 9.81. The molecule has 6 unspecified atom stereocenters. The van der Waals surface area contributed by atoms with Crippen molar-refractivity contribution >= 4 is 11.9 Å². The summed E-state index contributed by atoms with van der Waals surface area (Å²) in [5, 5.41) is 41.6. The Morgan fingerprint density at radius 2 is 1.57 bits per heavy atom. The number of carbonyl (C=O) groups is 2. The highest BCUT2D eigenvalue weighted by molar-refractivity contribution is 5.73. The van der Waals surface area contributed by atoms with Crippen molar-refractivity contribution in [1.82, 2.24) is 0 Å². The van der Waals surface area contributed by atoms with Crippen LogP contribution in [0.5, 0.6) is 0 Å². The second-order valence-corrected chi connectivity index (χ2v) is 13.2. The van der Waals surface area contributed by atoms with Crippen molar-refractivity contribution in [3.05, 3.63) is 0 Å². The number of rotatable bonds is 7. The molecule has 3 aliphatic heterocycles. The number of aliphatic hydroxyl groups excluding tert-OH is 4. The molecule has 0 saturated carbocycles. The highest BCUT2D eigenvalue weighted by Crippen LogP contribution is 2.37. The predicted octanol–water partition coefficient (Wildman–Crippen LogP) is 2.88. The summed E-state index contributed by atoms with van der Waals surface area (Å²) >= 11 is 0. The van der Waals surface area contributed by atoms with Crippen LogP contribution in [0.1, 0.15) is 112 Å². The molecular formula is C32H56O12. The number of carbonyl (C=O) groups excluding carboxylic acids is 2. The van der Waals surface area contributed by atoms with Gasteiger partial charge in [-0.15, -0.1) is 0 Å². The van der Waals surface area contributed by atoms with Crippen LogP contribution in [0.3, 0.4) is 0 Å². The van der Waals surface area contributed by atoms with Gasteiger partial charge in [-0.25, -0.2) is 0 Å². The molecule has 0 aromatic rings. The molecular weight excluding hydrogens is 576 g/mol. The molecule has 0 spiro atoms. The largest absolute Gasteiger partial charge is 0.456 e. The predicted molar refractivity (Wildman–Crippen MR) is 158 cm³/mol. The average Bonchev–Trinajstić information content (AvgIpc) is 2.96. The Hall–Kier alpha value is -1.38. The van der Waals surface area contributed by atoms with Crippen LogP contribution in [-0.4, -0.2) is 105 Å². The Bertz CT molecular complexity index is 900. The van der Waals surface area contributed by atoms with Gasteiger partial charge in [0.05, 0.1) is 29.8 Å². The number of esters is 2. The molecule has 3 saturated heterocycles. The zero-order valence-electron chi connectivity index (χ0n) is 27.3. The summed E-state index contributed by atoms with van der Waals surface area (Å²) in [5.41, 5.74) is -0.617. The number of ether oxygens (including phenoxy) is 6. The van der Waals surface area contributed by atoms with E-state index in [1.54, 1.807) is 6.92 Å². The molecule has 0 radical (unpaired) electrons. The monoisotopic (exact) mass is 632 g/mol. The molecule has 3 fully saturated rings. The first-order valence-corrected chi connectivity index (χ1v) is 16.5. The third-order valence-electron chi connectivity index (χ3n) is 9.21. The second-order valence-electron chi connectivity index (χ2n) is 13.2. The third-order valence-corrected chi connectivity index (χ3v) is 9.21. The van der Waals surface area contributed by atoms with E-state index in [2.05, 4.69) is 6.92 Å². The summed E-state index contributed by atoms with van der Waals surface area (Å²) in [4.78, 5) is 26.3. The first-order valence-electron chi connectivity index (χ1n) is 16.5. The van der Waals surface area contributed by atoms with Crippen molar-refractivity contribution in [2.45, 2.75) is 185 Å². The van der Waals surface area contributed by atoms with E-state index in [4.69, 9.17) is 28.4 Å². The molecule has 3 aliphatic rings. The minimum atomic E-state index is -1.66. The van der Waals surface area contributed by atoms with E-state index in [-0.39, 0.29) is 6.42 Å². The first kappa shape index (κ1) is 37.1. The molecule has 0 aromatic heterocycles. The van der Waals surface area contributed by atoms with Gasteiger partial charge in [-0.05, 0) is 53.9 Å². The molecule has 256 valence electrons. The molecule has 12 heteroatoms. The van der Waals surface area contributed by atoms with Gasteiger partial charge >= 0.3 is 11.9 Å². The molecule has 13 atom stereocenters. The van der Waals surface area contributed by atoms with Gasteiger partial charge in [0.25, 0.3) is 0 Å². The van der Waals surface area contributed by atoms with E-state index in [9.17, 15) is 30.0 Å². The van der Waals surface area contributed by atoms with Gasteiger partial charge < -0.3 is 48.8 Å². The number of hydrogen-bond donors (Lipinski definition) is 4. The van der Waals surface area contributed by atoms with E-state index >= 15 is 0 Å². The summed E-state index contributed by atoms with van der Waals surface area (Å²) in [7, 11) is 0. The summed E-state index contributed by atoms with van der Waals surface area (Å²) in [5.74, 6) is -2.10. The fourth-order valence-electron chi connectivity index (χ4n) is 6.14. The summed E-state index contributed by atoms with van der Waals surface area (Å²) in [6.07, 6.45) is -4.27. The number of aliphatic hydroxyl groups is 4. The minimum Gasteiger partial charge on any atom is -0.456 e. The molecule has 0 bridgehead atoms. The lowest BCUT2D eigenvalue weighted by Gasteiger charge is -2.49. The van der Waals surface area contributed by atoms with Gasteiger partial charge in [-0.1, -0.05) is 51.9 Å². The molecule has 12 nitrogen and oxygen atoms in total. The van der Waals surface area contributed by atoms with Crippen molar-refractivity contribution in [3.63, 3.8) is 0 Å². The average molecular weight is 633 g/mol. The SMILES string of the molecule is CCC[C@@]1(C)CCCCCCCCCC(=O)OC2C(O[C@@H]3OC(C)[C@H](O)C(O)C3O)[C@@H](OC(=O)[C@H](C)[C@@H](C)O)C(C)O[C@H]2O1. The van der Waals surface area contributed by atoms with Crippen molar-refractivity contribution < 1.29 is 58.4 Å². The maximum atomic E-state index is 13.2. The summed E-state index contributed by atoms with van der Waals surface area (Å²) in [6, 6.07) is 0. The van der Waals surface area contributed by atoms with Crippen LogP contribution in [-0.2, 0) is 38.0 Å². The minimum absolute atomic E-state index is 0.158. The molecule has 44 heavy (non-hydrogen) atoms. The quantitative estimate of drug-likeness (QED) is 0.303. The van der Waals surface area contributed by atoms with Crippen LogP contribution in [0.25, 0.3) is 0 Å². The molecule has 0 aromatic carbocycles. The topological polar surface area (TPSA) is 170 Å². The van der Waals surface area contributed by atoms with Crippen molar-refractivity contribution in [2.24, 2.45) is 5.92 Å². The fraction of sp³-hybridized carbons (Fsp3) is 0.938. The lowest BCUT2D eigenvalue weighted by molar-refractivity contribution is -0.365. The van der Waals surface area contributed by atoms with Gasteiger partial charge in [0.2, 0.25) is 0 Å². The van der Waals surface area contributed by atoms with Crippen LogP contribution in [0.15, 0.2) is 0 Å². The van der Waals surface area contributed by atoms with Crippen LogP contribution < -0.4 is 0 Å². The van der Waals surface area contributed by atoms with E-state index < -0.39 is 91.0 Å². The smallest absolute Gasteiger partial charge is 0.311 e. The fourth-order valence-corrected chi connectivity index (χ4v) is 6.14. The van der Waals surface area contributed by atoms with E-state index in [1.807, 2.05) is 6.92 Å².